The summed E-state index contributed by atoms with van der Waals surface area (Å²) in [5, 5.41) is 13.0. The van der Waals surface area contributed by atoms with E-state index < -0.39 is 5.91 Å². The van der Waals surface area contributed by atoms with Crippen LogP contribution in [0.3, 0.4) is 0 Å². The lowest BCUT2D eigenvalue weighted by molar-refractivity contribution is -0.123. The summed E-state index contributed by atoms with van der Waals surface area (Å²) in [6.07, 6.45) is 1.47. The molecule has 0 fully saturated rings. The van der Waals surface area contributed by atoms with Crippen LogP contribution in [0.25, 0.3) is 0 Å². The summed E-state index contributed by atoms with van der Waals surface area (Å²) in [4.78, 5) is 11.7. The third-order valence-electron chi connectivity index (χ3n) is 2.78. The molecule has 2 rings (SSSR count). The summed E-state index contributed by atoms with van der Waals surface area (Å²) in [6.45, 7) is -0.190. The van der Waals surface area contributed by atoms with E-state index in [-0.39, 0.29) is 12.4 Å². The highest BCUT2D eigenvalue weighted by Gasteiger charge is 2.07. The molecule has 0 heterocycles. The maximum Gasteiger partial charge on any atom is 0.277 e. The van der Waals surface area contributed by atoms with E-state index in [1.807, 2.05) is 0 Å². The monoisotopic (exact) mass is 378 g/mol. The molecule has 0 unspecified atom stereocenters. The van der Waals surface area contributed by atoms with Crippen molar-refractivity contribution in [3.05, 3.63) is 52.5 Å². The Hall–Kier alpha value is -2.54. The lowest BCUT2D eigenvalue weighted by atomic mass is 10.2. The second-order valence-electron chi connectivity index (χ2n) is 4.47. The van der Waals surface area contributed by atoms with Crippen molar-refractivity contribution in [2.24, 2.45) is 5.10 Å². The highest BCUT2D eigenvalue weighted by atomic mass is 79.9. The summed E-state index contributed by atoms with van der Waals surface area (Å²) in [5.41, 5.74) is 3.11. The number of carbonyl (C=O) groups excluding carboxylic acids is 1. The second-order valence-corrected chi connectivity index (χ2v) is 5.38. The van der Waals surface area contributed by atoms with E-state index in [0.717, 1.165) is 10.0 Å². The van der Waals surface area contributed by atoms with Crippen LogP contribution in [0.5, 0.6) is 17.2 Å². The predicted octanol–water partition coefficient (Wildman–Crippen LogP) is 2.69. The topological polar surface area (TPSA) is 80.2 Å². The molecule has 0 spiro atoms. The molecule has 0 saturated heterocycles. The van der Waals surface area contributed by atoms with Gasteiger partial charge >= 0.3 is 0 Å². The Morgan fingerprint density at radius 3 is 2.70 bits per heavy atom. The van der Waals surface area contributed by atoms with Gasteiger partial charge in [0, 0.05) is 4.47 Å². The van der Waals surface area contributed by atoms with Crippen molar-refractivity contribution in [1.82, 2.24) is 5.43 Å². The van der Waals surface area contributed by atoms with Gasteiger partial charge in [-0.3, -0.25) is 4.79 Å². The van der Waals surface area contributed by atoms with Crippen molar-refractivity contribution < 1.29 is 19.4 Å². The van der Waals surface area contributed by atoms with E-state index in [1.54, 1.807) is 30.3 Å². The molecule has 6 nitrogen and oxygen atoms in total. The van der Waals surface area contributed by atoms with Crippen LogP contribution in [0.15, 0.2) is 52.0 Å². The van der Waals surface area contributed by atoms with Crippen LogP contribution in [0, 0.1) is 0 Å². The summed E-state index contributed by atoms with van der Waals surface area (Å²) in [7, 11) is 1.52. The van der Waals surface area contributed by atoms with Gasteiger partial charge in [0.1, 0.15) is 5.75 Å². The zero-order valence-corrected chi connectivity index (χ0v) is 13.9. The van der Waals surface area contributed by atoms with E-state index in [2.05, 4.69) is 26.5 Å². The number of hydrogen-bond donors (Lipinski definition) is 2. The van der Waals surface area contributed by atoms with Crippen LogP contribution in [0.1, 0.15) is 5.56 Å². The van der Waals surface area contributed by atoms with Gasteiger partial charge in [0.2, 0.25) is 0 Å². The Kier molecular flexibility index (Phi) is 5.99. The molecular formula is C16H15BrN2O4. The largest absolute Gasteiger partial charge is 0.508 e. The average molecular weight is 379 g/mol. The molecule has 2 aromatic carbocycles. The number of ether oxygens (including phenoxy) is 2. The Bertz CT molecular complexity index is 702. The van der Waals surface area contributed by atoms with Crippen molar-refractivity contribution in [2.45, 2.75) is 0 Å². The van der Waals surface area contributed by atoms with Crippen LogP contribution in [-0.2, 0) is 4.79 Å². The molecule has 2 aromatic rings. The Balaban J connectivity index is 1.84. The van der Waals surface area contributed by atoms with Crippen LogP contribution >= 0.6 is 15.9 Å². The number of rotatable bonds is 6. The predicted molar refractivity (Wildman–Crippen MR) is 90.0 cm³/mol. The lowest BCUT2D eigenvalue weighted by Crippen LogP contribution is -2.24. The number of methoxy groups -OCH3 is 1. The van der Waals surface area contributed by atoms with Gasteiger partial charge < -0.3 is 14.6 Å². The molecule has 2 N–H and O–H groups in total. The first-order valence-electron chi connectivity index (χ1n) is 6.66. The molecule has 120 valence electrons. The van der Waals surface area contributed by atoms with Crippen molar-refractivity contribution in [1.29, 1.82) is 0 Å². The first-order valence-corrected chi connectivity index (χ1v) is 7.45. The standard InChI is InChI=1S/C16H15BrN2O4/c1-22-15-8-12(17)4-7-14(15)23-10-16(21)19-18-9-11-2-5-13(20)6-3-11/h2-9,20H,10H2,1H3,(H,19,21). The highest BCUT2D eigenvalue weighted by molar-refractivity contribution is 9.10. The molecule has 1 amide bonds. The number of benzene rings is 2. The van der Waals surface area contributed by atoms with Crippen LogP contribution in [0.2, 0.25) is 0 Å². The quantitative estimate of drug-likeness (QED) is 0.598. The fourth-order valence-electron chi connectivity index (χ4n) is 1.68. The number of hydrazone groups is 1. The minimum absolute atomic E-state index is 0.169. The number of phenols is 1. The summed E-state index contributed by atoms with van der Waals surface area (Å²) < 4.78 is 11.4. The summed E-state index contributed by atoms with van der Waals surface area (Å²) >= 11 is 3.33. The van der Waals surface area contributed by atoms with E-state index in [9.17, 15) is 4.79 Å². The Labute approximate surface area is 141 Å². The number of aromatic hydroxyl groups is 1. The summed E-state index contributed by atoms with van der Waals surface area (Å²) in [6, 6.07) is 11.7. The van der Waals surface area contributed by atoms with Gasteiger partial charge in [-0.15, -0.1) is 0 Å². The number of nitrogens with one attached hydrogen (secondary N) is 1. The molecule has 0 aliphatic heterocycles. The number of phenolic OH excluding ortho intramolecular Hbond substituents is 1. The zero-order valence-electron chi connectivity index (χ0n) is 12.3. The first kappa shape index (κ1) is 16.8. The van der Waals surface area contributed by atoms with Crippen molar-refractivity contribution in [3.8, 4) is 17.2 Å². The zero-order chi connectivity index (χ0) is 16.7. The normalized spacial score (nSPS) is 10.5. The fourth-order valence-corrected chi connectivity index (χ4v) is 2.02. The van der Waals surface area contributed by atoms with Gasteiger partial charge in [0.25, 0.3) is 5.91 Å². The van der Waals surface area contributed by atoms with Crippen molar-refractivity contribution >= 4 is 28.1 Å². The molecule has 0 aliphatic rings. The van der Waals surface area contributed by atoms with E-state index in [4.69, 9.17) is 14.6 Å². The smallest absolute Gasteiger partial charge is 0.277 e. The fraction of sp³-hybridized carbons (Fsp3) is 0.125. The third-order valence-corrected chi connectivity index (χ3v) is 3.27. The molecule has 0 aliphatic carbocycles. The minimum atomic E-state index is -0.398. The lowest BCUT2D eigenvalue weighted by Gasteiger charge is -2.10. The Morgan fingerprint density at radius 2 is 2.00 bits per heavy atom. The van der Waals surface area contributed by atoms with Gasteiger partial charge in [-0.05, 0) is 48.0 Å². The number of amides is 1. The average Bonchev–Trinajstić information content (AvgIpc) is 2.55. The van der Waals surface area contributed by atoms with Crippen molar-refractivity contribution in [3.63, 3.8) is 0 Å². The number of carbonyl (C=O) groups is 1. The first-order chi connectivity index (χ1) is 11.1. The van der Waals surface area contributed by atoms with Gasteiger partial charge in [-0.25, -0.2) is 5.43 Å². The highest BCUT2D eigenvalue weighted by Crippen LogP contribution is 2.29. The molecule has 0 bridgehead atoms. The van der Waals surface area contributed by atoms with Crippen LogP contribution in [-0.4, -0.2) is 30.9 Å². The van der Waals surface area contributed by atoms with Gasteiger partial charge in [-0.1, -0.05) is 15.9 Å². The van der Waals surface area contributed by atoms with Gasteiger partial charge in [0.15, 0.2) is 18.1 Å². The SMILES string of the molecule is COc1cc(Br)ccc1OCC(=O)NN=Cc1ccc(O)cc1. The summed E-state index contributed by atoms with van der Waals surface area (Å²) in [5.74, 6) is 0.765. The van der Waals surface area contributed by atoms with Crippen molar-refractivity contribution in [2.75, 3.05) is 13.7 Å². The van der Waals surface area contributed by atoms with E-state index in [0.29, 0.717) is 11.5 Å². The van der Waals surface area contributed by atoms with E-state index in [1.165, 1.54) is 25.5 Å². The molecular weight excluding hydrogens is 364 g/mol. The molecule has 7 heteroatoms. The van der Waals surface area contributed by atoms with Crippen LogP contribution < -0.4 is 14.9 Å². The van der Waals surface area contributed by atoms with Gasteiger partial charge in [-0.2, -0.15) is 5.10 Å². The maximum atomic E-state index is 11.7. The third kappa shape index (κ3) is 5.30. The number of hydrogen-bond acceptors (Lipinski definition) is 5. The molecule has 23 heavy (non-hydrogen) atoms. The number of halogens is 1. The molecule has 0 saturated carbocycles. The number of nitrogens with zero attached hydrogens (tertiary/aromatic N) is 1. The molecule has 0 aromatic heterocycles. The molecule has 0 atom stereocenters. The minimum Gasteiger partial charge on any atom is -0.508 e. The van der Waals surface area contributed by atoms with Gasteiger partial charge in [0.05, 0.1) is 13.3 Å². The maximum absolute atomic E-state index is 11.7. The molecule has 0 radical (unpaired) electrons. The Morgan fingerprint density at radius 1 is 1.26 bits per heavy atom. The van der Waals surface area contributed by atoms with Crippen LogP contribution in [0.4, 0.5) is 0 Å². The van der Waals surface area contributed by atoms with E-state index >= 15 is 0 Å². The second kappa shape index (κ2) is 8.19.